The lowest BCUT2D eigenvalue weighted by atomic mass is 9.89. The van der Waals surface area contributed by atoms with Crippen molar-refractivity contribution in [2.24, 2.45) is 0 Å². The van der Waals surface area contributed by atoms with Gasteiger partial charge in [0.15, 0.2) is 5.82 Å². The van der Waals surface area contributed by atoms with Crippen LogP contribution < -0.4 is 4.90 Å². The van der Waals surface area contributed by atoms with Crippen LogP contribution in [-0.4, -0.2) is 59.3 Å². The van der Waals surface area contributed by atoms with Crippen LogP contribution in [0.15, 0.2) is 97.1 Å². The Morgan fingerprint density at radius 3 is 2.05 bits per heavy atom. The van der Waals surface area contributed by atoms with E-state index in [1.54, 1.807) is 4.90 Å². The number of carbonyl (C=O) groups is 2. The van der Waals surface area contributed by atoms with Gasteiger partial charge in [0.25, 0.3) is 0 Å². The maximum Gasteiger partial charge on any atom is 0.330 e. The van der Waals surface area contributed by atoms with E-state index in [4.69, 9.17) is 9.84 Å². The lowest BCUT2D eigenvalue weighted by Crippen LogP contribution is -2.59. The molecule has 2 heterocycles. The van der Waals surface area contributed by atoms with Gasteiger partial charge < -0.3 is 14.5 Å². The van der Waals surface area contributed by atoms with Crippen LogP contribution in [0.4, 0.5) is 5.82 Å². The maximum absolute atomic E-state index is 14.1. The van der Waals surface area contributed by atoms with Crippen molar-refractivity contribution in [1.82, 2.24) is 14.7 Å². The van der Waals surface area contributed by atoms with Gasteiger partial charge in [-0.05, 0) is 23.6 Å². The smallest absolute Gasteiger partial charge is 0.330 e. The molecule has 7 nitrogen and oxygen atoms in total. The van der Waals surface area contributed by atoms with Crippen LogP contribution in [-0.2, 0) is 20.9 Å². The van der Waals surface area contributed by atoms with Crippen molar-refractivity contribution >= 4 is 17.7 Å². The van der Waals surface area contributed by atoms with E-state index < -0.39 is 17.9 Å². The first-order valence-electron chi connectivity index (χ1n) is 12.9. The third kappa shape index (κ3) is 5.32. The second-order valence-corrected chi connectivity index (χ2v) is 9.56. The number of aryl methyl sites for hydroxylation is 1. The highest BCUT2D eigenvalue weighted by Gasteiger charge is 2.40. The monoisotopic (exact) mass is 508 g/mol. The van der Waals surface area contributed by atoms with E-state index >= 15 is 0 Å². The highest BCUT2D eigenvalue weighted by atomic mass is 16.5. The second-order valence-electron chi connectivity index (χ2n) is 9.56. The summed E-state index contributed by atoms with van der Waals surface area (Å²) < 4.78 is 7.14. The fourth-order valence-electron chi connectivity index (χ4n) is 5.09. The lowest BCUT2D eigenvalue weighted by Gasteiger charge is -2.41. The summed E-state index contributed by atoms with van der Waals surface area (Å²) >= 11 is 0. The molecule has 1 atom stereocenters. The zero-order valence-corrected chi connectivity index (χ0v) is 21.7. The number of carbonyl (C=O) groups excluding carboxylic acids is 2. The van der Waals surface area contributed by atoms with E-state index in [2.05, 4.69) is 17.0 Å². The number of rotatable bonds is 7. The summed E-state index contributed by atoms with van der Waals surface area (Å²) in [6, 6.07) is 30.9. The van der Waals surface area contributed by atoms with Crippen LogP contribution in [0.3, 0.4) is 0 Å². The van der Waals surface area contributed by atoms with Crippen molar-refractivity contribution in [2.45, 2.75) is 25.4 Å². The molecule has 1 aromatic heterocycles. The minimum absolute atomic E-state index is 0.108. The molecule has 0 spiro atoms. The number of hydrogen-bond donors (Lipinski definition) is 0. The van der Waals surface area contributed by atoms with E-state index in [1.807, 2.05) is 96.5 Å². The molecule has 0 unspecified atom stereocenters. The van der Waals surface area contributed by atoms with E-state index in [9.17, 15) is 9.59 Å². The van der Waals surface area contributed by atoms with Crippen LogP contribution in [0.2, 0.25) is 0 Å². The Morgan fingerprint density at radius 1 is 0.895 bits per heavy atom. The molecule has 38 heavy (non-hydrogen) atoms. The Bertz CT molecular complexity index is 1330. The Balaban J connectivity index is 1.40. The SMILES string of the molecule is COC(=O)[C@@H]1CN(c2cc(C)n(Cc3ccccc3)n2)CCN1C(=O)C(c1ccccc1)c1ccccc1. The van der Waals surface area contributed by atoms with Crippen molar-refractivity contribution in [1.29, 1.82) is 0 Å². The molecule has 0 bridgehead atoms. The van der Waals surface area contributed by atoms with Gasteiger partial charge in [-0.2, -0.15) is 5.10 Å². The largest absolute Gasteiger partial charge is 0.467 e. The summed E-state index contributed by atoms with van der Waals surface area (Å²) in [5.74, 6) is -0.253. The van der Waals surface area contributed by atoms with Gasteiger partial charge in [-0.3, -0.25) is 9.48 Å². The first-order valence-corrected chi connectivity index (χ1v) is 12.9. The summed E-state index contributed by atoms with van der Waals surface area (Å²) in [6.45, 7) is 3.97. The number of methoxy groups -OCH3 is 1. The number of hydrogen-bond acceptors (Lipinski definition) is 5. The van der Waals surface area contributed by atoms with Gasteiger partial charge in [0.2, 0.25) is 5.91 Å². The van der Waals surface area contributed by atoms with Gasteiger partial charge in [-0.25, -0.2) is 4.79 Å². The molecule has 4 aromatic rings. The molecule has 5 rings (SSSR count). The third-order valence-electron chi connectivity index (χ3n) is 7.12. The summed E-state index contributed by atoms with van der Waals surface area (Å²) in [5, 5.41) is 4.84. The Labute approximate surface area is 223 Å². The zero-order chi connectivity index (χ0) is 26.5. The molecule has 0 aliphatic carbocycles. The summed E-state index contributed by atoms with van der Waals surface area (Å²) in [5.41, 5.74) is 3.99. The standard InChI is InChI=1S/C31H32N4O3/c1-23-20-28(32-35(23)21-24-12-6-3-7-13-24)33-18-19-34(27(22-33)31(37)38-2)30(36)29(25-14-8-4-9-15-25)26-16-10-5-11-17-26/h3-17,20,27,29H,18-19,21-22H2,1-2H3/t27-/m0/s1. The number of esters is 1. The van der Waals surface area contributed by atoms with E-state index in [-0.39, 0.29) is 5.91 Å². The van der Waals surface area contributed by atoms with Crippen LogP contribution in [0.1, 0.15) is 28.3 Å². The number of benzene rings is 3. The minimum Gasteiger partial charge on any atom is -0.467 e. The van der Waals surface area contributed by atoms with Gasteiger partial charge in [0, 0.05) is 24.8 Å². The van der Waals surface area contributed by atoms with Gasteiger partial charge >= 0.3 is 5.97 Å². The molecule has 0 saturated carbocycles. The van der Waals surface area contributed by atoms with Crippen LogP contribution >= 0.6 is 0 Å². The Hall–Kier alpha value is -4.39. The van der Waals surface area contributed by atoms with Gasteiger partial charge in [0.05, 0.1) is 26.1 Å². The average Bonchev–Trinajstić information content (AvgIpc) is 3.33. The van der Waals surface area contributed by atoms with Crippen molar-refractivity contribution in [3.63, 3.8) is 0 Å². The van der Waals surface area contributed by atoms with Crippen molar-refractivity contribution in [3.05, 3.63) is 119 Å². The summed E-state index contributed by atoms with van der Waals surface area (Å²) in [7, 11) is 1.37. The quantitative estimate of drug-likeness (QED) is 0.349. The molecule has 3 aromatic carbocycles. The zero-order valence-electron chi connectivity index (χ0n) is 21.7. The first-order chi connectivity index (χ1) is 18.5. The van der Waals surface area contributed by atoms with Crippen molar-refractivity contribution < 1.29 is 14.3 Å². The highest BCUT2D eigenvalue weighted by molar-refractivity contribution is 5.91. The minimum atomic E-state index is -0.740. The van der Waals surface area contributed by atoms with Crippen LogP contribution in [0, 0.1) is 6.92 Å². The molecule has 1 saturated heterocycles. The number of nitrogens with zero attached hydrogens (tertiary/aromatic N) is 4. The number of aromatic nitrogens is 2. The molecule has 1 aliphatic rings. The molecule has 1 aliphatic heterocycles. The van der Waals surface area contributed by atoms with E-state index in [1.165, 1.54) is 12.7 Å². The fraction of sp³-hybridized carbons (Fsp3) is 0.258. The third-order valence-corrected chi connectivity index (χ3v) is 7.12. The Morgan fingerprint density at radius 2 is 1.47 bits per heavy atom. The normalized spacial score (nSPS) is 15.5. The lowest BCUT2D eigenvalue weighted by molar-refractivity contribution is -0.153. The number of piperazine rings is 1. The van der Waals surface area contributed by atoms with Gasteiger partial charge in [-0.1, -0.05) is 91.0 Å². The molecule has 1 amide bonds. The molecule has 194 valence electrons. The predicted molar refractivity (Wildman–Crippen MR) is 147 cm³/mol. The van der Waals surface area contributed by atoms with Crippen molar-refractivity contribution in [3.8, 4) is 0 Å². The first kappa shape index (κ1) is 25.3. The van der Waals surface area contributed by atoms with E-state index in [0.717, 1.165) is 22.6 Å². The van der Waals surface area contributed by atoms with Gasteiger partial charge in [0.1, 0.15) is 6.04 Å². The predicted octanol–water partition coefficient (Wildman–Crippen LogP) is 4.26. The molecular formula is C31H32N4O3. The van der Waals surface area contributed by atoms with Gasteiger partial charge in [-0.15, -0.1) is 0 Å². The molecular weight excluding hydrogens is 476 g/mol. The maximum atomic E-state index is 14.1. The fourth-order valence-corrected chi connectivity index (χ4v) is 5.09. The molecule has 1 fully saturated rings. The number of amides is 1. The van der Waals surface area contributed by atoms with Crippen molar-refractivity contribution in [2.75, 3.05) is 31.6 Å². The van der Waals surface area contributed by atoms with Crippen LogP contribution in [0.25, 0.3) is 0 Å². The molecule has 0 N–H and O–H groups in total. The second kappa shape index (κ2) is 11.3. The average molecular weight is 509 g/mol. The number of anilines is 1. The highest BCUT2D eigenvalue weighted by Crippen LogP contribution is 2.30. The topological polar surface area (TPSA) is 67.7 Å². The molecule has 7 heteroatoms. The summed E-state index contributed by atoms with van der Waals surface area (Å²) in [6.07, 6.45) is 0. The Kier molecular flexibility index (Phi) is 7.54. The summed E-state index contributed by atoms with van der Waals surface area (Å²) in [4.78, 5) is 30.9. The number of ether oxygens (including phenoxy) is 1. The van der Waals surface area contributed by atoms with Crippen LogP contribution in [0.5, 0.6) is 0 Å². The van der Waals surface area contributed by atoms with E-state index in [0.29, 0.717) is 26.2 Å². The molecule has 0 radical (unpaired) electrons.